The number of hydrogen-bond acceptors (Lipinski definition) is 4. The standard InChI is InChI=1S/C21H22FN3O2/c1-21(27)19-5-3-2-4-18(19)20(26)25(21)11-10-17-12-23-14-24(17)13-15-6-8-16(22)9-7-15/h2-9,12,23,27H,10-11,13-14H2,1H3. The van der Waals surface area contributed by atoms with Gasteiger partial charge in [0.2, 0.25) is 0 Å². The zero-order valence-corrected chi connectivity index (χ0v) is 15.2. The summed E-state index contributed by atoms with van der Waals surface area (Å²) < 4.78 is 13.1. The van der Waals surface area contributed by atoms with E-state index in [4.69, 9.17) is 0 Å². The highest BCUT2D eigenvalue weighted by Gasteiger charge is 2.44. The van der Waals surface area contributed by atoms with Crippen LogP contribution in [-0.2, 0) is 12.3 Å². The lowest BCUT2D eigenvalue weighted by atomic mass is 10.0. The van der Waals surface area contributed by atoms with Crippen LogP contribution in [0, 0.1) is 5.82 Å². The van der Waals surface area contributed by atoms with E-state index >= 15 is 0 Å². The van der Waals surface area contributed by atoms with Crippen molar-refractivity contribution >= 4 is 5.91 Å². The second-order valence-corrected chi connectivity index (χ2v) is 7.10. The summed E-state index contributed by atoms with van der Waals surface area (Å²) in [5.74, 6) is -0.393. The average Bonchev–Trinajstić information content (AvgIpc) is 3.17. The molecule has 0 saturated carbocycles. The molecule has 4 rings (SSSR count). The van der Waals surface area contributed by atoms with Crippen LogP contribution in [0.4, 0.5) is 4.39 Å². The van der Waals surface area contributed by atoms with E-state index in [-0.39, 0.29) is 11.7 Å². The van der Waals surface area contributed by atoms with Crippen molar-refractivity contribution in [2.24, 2.45) is 0 Å². The summed E-state index contributed by atoms with van der Waals surface area (Å²) in [6, 6.07) is 13.7. The average molecular weight is 367 g/mol. The van der Waals surface area contributed by atoms with E-state index in [0.717, 1.165) is 11.3 Å². The number of hydrogen-bond donors (Lipinski definition) is 2. The third-order valence-corrected chi connectivity index (χ3v) is 5.27. The second kappa shape index (κ2) is 6.70. The summed E-state index contributed by atoms with van der Waals surface area (Å²) in [6.07, 6.45) is 2.55. The maximum Gasteiger partial charge on any atom is 0.256 e. The number of benzene rings is 2. The van der Waals surface area contributed by atoms with Crippen molar-refractivity contribution in [3.8, 4) is 0 Å². The first-order chi connectivity index (χ1) is 13.0. The van der Waals surface area contributed by atoms with Crippen molar-refractivity contribution in [1.29, 1.82) is 0 Å². The highest BCUT2D eigenvalue weighted by Crippen LogP contribution is 2.37. The summed E-state index contributed by atoms with van der Waals surface area (Å²) in [5, 5.41) is 14.1. The van der Waals surface area contributed by atoms with Gasteiger partial charge >= 0.3 is 0 Å². The molecule has 2 aromatic rings. The minimum Gasteiger partial charge on any atom is -0.372 e. The van der Waals surface area contributed by atoms with Gasteiger partial charge in [-0.3, -0.25) is 4.79 Å². The highest BCUT2D eigenvalue weighted by molar-refractivity contribution is 5.99. The second-order valence-electron chi connectivity index (χ2n) is 7.10. The molecule has 2 aliphatic heterocycles. The Hall–Kier alpha value is -2.86. The predicted molar refractivity (Wildman–Crippen MR) is 99.7 cm³/mol. The van der Waals surface area contributed by atoms with Crippen LogP contribution >= 0.6 is 0 Å². The number of aliphatic hydroxyl groups is 1. The lowest BCUT2D eigenvalue weighted by Gasteiger charge is -2.32. The fourth-order valence-electron chi connectivity index (χ4n) is 3.78. The van der Waals surface area contributed by atoms with Gasteiger partial charge in [0.1, 0.15) is 5.82 Å². The normalized spacial score (nSPS) is 21.3. The fraction of sp³-hybridized carbons (Fsp3) is 0.286. The molecule has 0 bridgehead atoms. The Morgan fingerprint density at radius 2 is 1.93 bits per heavy atom. The maximum absolute atomic E-state index is 13.1. The molecule has 140 valence electrons. The molecule has 2 N–H and O–H groups in total. The Morgan fingerprint density at radius 1 is 1.19 bits per heavy atom. The third kappa shape index (κ3) is 3.17. The van der Waals surface area contributed by atoms with E-state index < -0.39 is 5.72 Å². The van der Waals surface area contributed by atoms with Gasteiger partial charge < -0.3 is 20.2 Å². The van der Waals surface area contributed by atoms with Crippen LogP contribution in [0.5, 0.6) is 0 Å². The number of carbonyl (C=O) groups excluding carboxylic acids is 1. The third-order valence-electron chi connectivity index (χ3n) is 5.27. The molecule has 2 aliphatic rings. The van der Waals surface area contributed by atoms with E-state index in [1.165, 1.54) is 17.0 Å². The summed E-state index contributed by atoms with van der Waals surface area (Å²) in [5.41, 5.74) is 1.98. The molecular weight excluding hydrogens is 345 g/mol. The molecule has 1 amide bonds. The van der Waals surface area contributed by atoms with Crippen LogP contribution < -0.4 is 5.32 Å². The number of nitrogens with zero attached hydrogens (tertiary/aromatic N) is 2. The highest BCUT2D eigenvalue weighted by atomic mass is 19.1. The Morgan fingerprint density at radius 3 is 2.67 bits per heavy atom. The van der Waals surface area contributed by atoms with Crippen LogP contribution in [0.15, 0.2) is 60.4 Å². The largest absolute Gasteiger partial charge is 0.372 e. The number of carbonyl (C=O) groups is 1. The Bertz CT molecular complexity index is 893. The molecule has 1 unspecified atom stereocenters. The van der Waals surface area contributed by atoms with E-state index in [0.29, 0.717) is 37.3 Å². The Labute approximate surface area is 157 Å². The minimum atomic E-state index is -1.30. The Balaban J connectivity index is 1.44. The van der Waals surface area contributed by atoms with Gasteiger partial charge in [-0.05, 0) is 30.7 Å². The molecule has 2 heterocycles. The topological polar surface area (TPSA) is 55.8 Å². The molecule has 27 heavy (non-hydrogen) atoms. The summed E-state index contributed by atoms with van der Waals surface area (Å²) in [7, 11) is 0. The minimum absolute atomic E-state index is 0.146. The molecule has 0 radical (unpaired) electrons. The van der Waals surface area contributed by atoms with Gasteiger partial charge in [0.15, 0.2) is 5.72 Å². The van der Waals surface area contributed by atoms with Gasteiger partial charge in [0.05, 0.1) is 6.67 Å². The molecule has 0 fully saturated rings. The molecule has 2 aromatic carbocycles. The zero-order chi connectivity index (χ0) is 19.0. The molecule has 5 nitrogen and oxygen atoms in total. The maximum atomic E-state index is 13.1. The fourth-order valence-corrected chi connectivity index (χ4v) is 3.78. The van der Waals surface area contributed by atoms with E-state index in [2.05, 4.69) is 10.2 Å². The lowest BCUT2D eigenvalue weighted by Crippen LogP contribution is -2.42. The molecule has 0 aliphatic carbocycles. The number of rotatable bonds is 5. The lowest BCUT2D eigenvalue weighted by molar-refractivity contribution is -0.0683. The number of amides is 1. The number of fused-ring (bicyclic) bond motifs is 1. The molecule has 0 spiro atoms. The van der Waals surface area contributed by atoms with E-state index in [1.807, 2.05) is 18.3 Å². The summed E-state index contributed by atoms with van der Waals surface area (Å²) >= 11 is 0. The van der Waals surface area contributed by atoms with E-state index in [9.17, 15) is 14.3 Å². The smallest absolute Gasteiger partial charge is 0.256 e. The molecule has 1 atom stereocenters. The van der Waals surface area contributed by atoms with Crippen LogP contribution in [0.1, 0.15) is 34.8 Å². The molecule has 0 saturated heterocycles. The van der Waals surface area contributed by atoms with Crippen molar-refractivity contribution in [1.82, 2.24) is 15.1 Å². The van der Waals surface area contributed by atoms with Crippen LogP contribution in [0.25, 0.3) is 0 Å². The number of halogens is 1. The number of nitrogens with one attached hydrogen (secondary N) is 1. The Kier molecular flexibility index (Phi) is 4.36. The van der Waals surface area contributed by atoms with Gasteiger partial charge in [-0.2, -0.15) is 0 Å². The first-order valence-electron chi connectivity index (χ1n) is 9.02. The molecule has 6 heteroatoms. The van der Waals surface area contributed by atoms with Crippen molar-refractivity contribution in [3.63, 3.8) is 0 Å². The van der Waals surface area contributed by atoms with Crippen LogP contribution in [0.2, 0.25) is 0 Å². The van der Waals surface area contributed by atoms with Gasteiger partial charge in [-0.15, -0.1) is 0 Å². The van der Waals surface area contributed by atoms with Gasteiger partial charge in [0, 0.05) is 42.5 Å². The summed E-state index contributed by atoms with van der Waals surface area (Å²) in [6.45, 7) is 3.39. The van der Waals surface area contributed by atoms with Gasteiger partial charge in [-0.25, -0.2) is 4.39 Å². The quantitative estimate of drug-likeness (QED) is 0.853. The SMILES string of the molecule is CC1(O)c2ccccc2C(=O)N1CCC1=CNCN1Cc1ccc(F)cc1. The predicted octanol–water partition coefficient (Wildman–Crippen LogP) is 2.74. The van der Waals surface area contributed by atoms with Gasteiger partial charge in [-0.1, -0.05) is 30.3 Å². The van der Waals surface area contributed by atoms with Crippen molar-refractivity contribution in [2.45, 2.75) is 25.6 Å². The summed E-state index contributed by atoms with van der Waals surface area (Å²) in [4.78, 5) is 16.4. The van der Waals surface area contributed by atoms with Crippen LogP contribution in [-0.4, -0.2) is 34.0 Å². The first kappa shape index (κ1) is 17.5. The van der Waals surface area contributed by atoms with Crippen LogP contribution in [0.3, 0.4) is 0 Å². The first-order valence-corrected chi connectivity index (χ1v) is 9.02. The zero-order valence-electron chi connectivity index (χ0n) is 15.2. The molecular formula is C21H22FN3O2. The van der Waals surface area contributed by atoms with Crippen molar-refractivity contribution < 1.29 is 14.3 Å². The van der Waals surface area contributed by atoms with Crippen molar-refractivity contribution in [3.05, 3.63) is 82.9 Å². The molecule has 0 aromatic heterocycles. The monoisotopic (exact) mass is 367 g/mol. The van der Waals surface area contributed by atoms with Gasteiger partial charge in [0.25, 0.3) is 5.91 Å². The van der Waals surface area contributed by atoms with E-state index in [1.54, 1.807) is 31.2 Å². The van der Waals surface area contributed by atoms with Crippen molar-refractivity contribution in [2.75, 3.05) is 13.2 Å².